The van der Waals surface area contributed by atoms with Gasteiger partial charge >= 0.3 is 0 Å². The Morgan fingerprint density at radius 2 is 1.63 bits per heavy atom. The molecule has 0 fully saturated rings. The minimum absolute atomic E-state index is 0.558. The van der Waals surface area contributed by atoms with E-state index in [-0.39, 0.29) is 0 Å². The van der Waals surface area contributed by atoms with Gasteiger partial charge in [0.2, 0.25) is 0 Å². The second-order valence-electron chi connectivity index (χ2n) is 5.14. The maximum atomic E-state index is 10.8. The van der Waals surface area contributed by atoms with Crippen LogP contribution in [0.4, 0.5) is 0 Å². The molecule has 0 saturated heterocycles. The molecule has 19 heavy (non-hydrogen) atoms. The molecule has 2 aromatic rings. The van der Waals surface area contributed by atoms with E-state index in [9.17, 15) is 5.11 Å². The SMILES string of the molecule is Cc1cc(C)cc(C(C)(O)c2cccc(C#N)c2)c1. The van der Waals surface area contributed by atoms with E-state index in [1.54, 1.807) is 25.1 Å². The molecule has 2 aromatic carbocycles. The molecule has 2 heteroatoms. The summed E-state index contributed by atoms with van der Waals surface area (Å²) >= 11 is 0. The van der Waals surface area contributed by atoms with Crippen molar-refractivity contribution in [2.45, 2.75) is 26.4 Å². The maximum absolute atomic E-state index is 10.8. The van der Waals surface area contributed by atoms with Gasteiger partial charge in [-0.05, 0) is 44.0 Å². The van der Waals surface area contributed by atoms with Crippen LogP contribution in [0.3, 0.4) is 0 Å². The molecule has 0 bridgehead atoms. The van der Waals surface area contributed by atoms with E-state index in [1.807, 2.05) is 32.0 Å². The van der Waals surface area contributed by atoms with E-state index in [0.29, 0.717) is 5.56 Å². The van der Waals surface area contributed by atoms with Gasteiger partial charge in [-0.1, -0.05) is 41.5 Å². The average Bonchev–Trinajstić information content (AvgIpc) is 2.37. The Morgan fingerprint density at radius 1 is 1.00 bits per heavy atom. The zero-order valence-electron chi connectivity index (χ0n) is 11.4. The lowest BCUT2D eigenvalue weighted by Gasteiger charge is -2.25. The average molecular weight is 251 g/mol. The van der Waals surface area contributed by atoms with E-state index in [0.717, 1.165) is 22.3 Å². The fraction of sp³-hybridized carbons (Fsp3) is 0.235. The van der Waals surface area contributed by atoms with Gasteiger partial charge in [-0.15, -0.1) is 0 Å². The lowest BCUT2D eigenvalue weighted by Crippen LogP contribution is -2.23. The highest BCUT2D eigenvalue weighted by Gasteiger charge is 2.26. The highest BCUT2D eigenvalue weighted by molar-refractivity contribution is 5.42. The summed E-state index contributed by atoms with van der Waals surface area (Å²) in [6.07, 6.45) is 0. The number of hydrogen-bond donors (Lipinski definition) is 1. The van der Waals surface area contributed by atoms with Crippen molar-refractivity contribution in [3.63, 3.8) is 0 Å². The Bertz CT molecular complexity index is 630. The van der Waals surface area contributed by atoms with Crippen molar-refractivity contribution in [2.24, 2.45) is 0 Å². The van der Waals surface area contributed by atoms with Crippen LogP contribution in [0.25, 0.3) is 0 Å². The summed E-state index contributed by atoms with van der Waals surface area (Å²) < 4.78 is 0. The van der Waals surface area contributed by atoms with Gasteiger partial charge in [0.15, 0.2) is 0 Å². The number of nitriles is 1. The molecule has 0 aromatic heterocycles. The van der Waals surface area contributed by atoms with Crippen LogP contribution >= 0.6 is 0 Å². The zero-order valence-corrected chi connectivity index (χ0v) is 11.4. The standard InChI is InChI=1S/C17H17NO/c1-12-7-13(2)9-16(8-12)17(3,19)15-6-4-5-14(10-15)11-18/h4-10,19H,1-3H3. The number of hydrogen-bond acceptors (Lipinski definition) is 2. The van der Waals surface area contributed by atoms with Gasteiger partial charge in [-0.25, -0.2) is 0 Å². The topological polar surface area (TPSA) is 44.0 Å². The first-order valence-corrected chi connectivity index (χ1v) is 6.25. The number of rotatable bonds is 2. The van der Waals surface area contributed by atoms with Gasteiger partial charge in [0.1, 0.15) is 5.60 Å². The van der Waals surface area contributed by atoms with Crippen molar-refractivity contribution in [3.8, 4) is 6.07 Å². The Balaban J connectivity index is 2.54. The fourth-order valence-corrected chi connectivity index (χ4v) is 2.31. The highest BCUT2D eigenvalue weighted by atomic mass is 16.3. The molecule has 0 spiro atoms. The van der Waals surface area contributed by atoms with Crippen molar-refractivity contribution >= 4 is 0 Å². The fourth-order valence-electron chi connectivity index (χ4n) is 2.31. The molecule has 2 rings (SSSR count). The maximum Gasteiger partial charge on any atom is 0.112 e. The van der Waals surface area contributed by atoms with Crippen LogP contribution in [0.2, 0.25) is 0 Å². The minimum Gasteiger partial charge on any atom is -0.381 e. The number of nitrogens with zero attached hydrogens (tertiary/aromatic N) is 1. The Morgan fingerprint density at radius 3 is 2.21 bits per heavy atom. The molecule has 0 saturated carbocycles. The third kappa shape index (κ3) is 2.67. The number of benzene rings is 2. The van der Waals surface area contributed by atoms with Gasteiger partial charge in [-0.2, -0.15) is 5.26 Å². The molecule has 0 amide bonds. The number of aryl methyl sites for hydroxylation is 2. The van der Waals surface area contributed by atoms with Crippen molar-refractivity contribution in [1.82, 2.24) is 0 Å². The second-order valence-corrected chi connectivity index (χ2v) is 5.14. The predicted octanol–water partition coefficient (Wildman–Crippen LogP) is 3.43. The summed E-state index contributed by atoms with van der Waals surface area (Å²) in [5.74, 6) is 0. The zero-order chi connectivity index (χ0) is 14.0. The largest absolute Gasteiger partial charge is 0.381 e. The second kappa shape index (κ2) is 4.87. The lowest BCUT2D eigenvalue weighted by atomic mass is 9.86. The van der Waals surface area contributed by atoms with E-state index < -0.39 is 5.60 Å². The molecule has 2 nitrogen and oxygen atoms in total. The van der Waals surface area contributed by atoms with Crippen molar-refractivity contribution in [3.05, 3.63) is 70.3 Å². The summed E-state index contributed by atoms with van der Waals surface area (Å²) in [6, 6.07) is 15.2. The van der Waals surface area contributed by atoms with Crippen molar-refractivity contribution in [1.29, 1.82) is 5.26 Å². The minimum atomic E-state index is -1.09. The summed E-state index contributed by atoms with van der Waals surface area (Å²) in [7, 11) is 0. The third-order valence-electron chi connectivity index (χ3n) is 3.34. The van der Waals surface area contributed by atoms with Gasteiger partial charge in [0, 0.05) is 0 Å². The number of aliphatic hydroxyl groups is 1. The predicted molar refractivity (Wildman–Crippen MR) is 75.7 cm³/mol. The first-order valence-electron chi connectivity index (χ1n) is 6.25. The van der Waals surface area contributed by atoms with E-state index in [2.05, 4.69) is 12.1 Å². The molecule has 0 aliphatic heterocycles. The lowest BCUT2D eigenvalue weighted by molar-refractivity contribution is 0.102. The summed E-state index contributed by atoms with van der Waals surface area (Å²) in [5.41, 5.74) is 3.28. The Hall–Kier alpha value is -2.11. The molecule has 96 valence electrons. The van der Waals surface area contributed by atoms with Crippen LogP contribution in [0, 0.1) is 25.2 Å². The first-order chi connectivity index (χ1) is 8.93. The molecule has 1 N–H and O–H groups in total. The molecule has 0 aliphatic rings. The molecule has 0 heterocycles. The quantitative estimate of drug-likeness (QED) is 0.888. The molecular formula is C17H17NO. The monoisotopic (exact) mass is 251 g/mol. The van der Waals surface area contributed by atoms with Crippen molar-refractivity contribution < 1.29 is 5.11 Å². The van der Waals surface area contributed by atoms with E-state index in [1.165, 1.54) is 0 Å². The molecule has 1 unspecified atom stereocenters. The van der Waals surface area contributed by atoms with Gasteiger partial charge in [-0.3, -0.25) is 0 Å². The Kier molecular flexibility index (Phi) is 3.42. The van der Waals surface area contributed by atoms with Gasteiger partial charge in [0.05, 0.1) is 11.6 Å². The Labute approximate surface area is 114 Å². The van der Waals surface area contributed by atoms with E-state index in [4.69, 9.17) is 5.26 Å². The van der Waals surface area contributed by atoms with Gasteiger partial charge in [0.25, 0.3) is 0 Å². The molecule has 1 atom stereocenters. The van der Waals surface area contributed by atoms with Crippen LogP contribution < -0.4 is 0 Å². The van der Waals surface area contributed by atoms with Crippen LogP contribution in [-0.4, -0.2) is 5.11 Å². The van der Waals surface area contributed by atoms with E-state index >= 15 is 0 Å². The molecule has 0 radical (unpaired) electrons. The van der Waals surface area contributed by atoms with Crippen LogP contribution in [0.15, 0.2) is 42.5 Å². The third-order valence-corrected chi connectivity index (χ3v) is 3.34. The normalized spacial score (nSPS) is 13.6. The summed E-state index contributed by atoms with van der Waals surface area (Å²) in [6.45, 7) is 5.79. The summed E-state index contributed by atoms with van der Waals surface area (Å²) in [4.78, 5) is 0. The smallest absolute Gasteiger partial charge is 0.112 e. The van der Waals surface area contributed by atoms with Crippen LogP contribution in [-0.2, 0) is 5.60 Å². The molecular weight excluding hydrogens is 234 g/mol. The van der Waals surface area contributed by atoms with Crippen molar-refractivity contribution in [2.75, 3.05) is 0 Å². The van der Waals surface area contributed by atoms with Gasteiger partial charge < -0.3 is 5.11 Å². The molecule has 0 aliphatic carbocycles. The van der Waals surface area contributed by atoms with Crippen LogP contribution in [0.5, 0.6) is 0 Å². The first kappa shape index (κ1) is 13.3. The highest BCUT2D eigenvalue weighted by Crippen LogP contribution is 2.30. The van der Waals surface area contributed by atoms with Crippen LogP contribution in [0.1, 0.15) is 34.7 Å². The summed E-state index contributed by atoms with van der Waals surface area (Å²) in [5, 5.41) is 19.8.